The summed E-state index contributed by atoms with van der Waals surface area (Å²) in [5.41, 5.74) is 0. The number of aromatic nitrogens is 5. The van der Waals surface area contributed by atoms with Crippen molar-refractivity contribution in [2.45, 2.75) is 51.6 Å². The fourth-order valence-corrected chi connectivity index (χ4v) is 4.13. The fraction of sp³-hybridized carbons (Fsp3) is 0.667. The van der Waals surface area contributed by atoms with Crippen LogP contribution in [0.5, 0.6) is 0 Å². The monoisotopic (exact) mass is 357 g/mol. The highest BCUT2D eigenvalue weighted by Gasteiger charge is 2.29. The summed E-state index contributed by atoms with van der Waals surface area (Å²) in [5.74, 6) is 2.95. The van der Waals surface area contributed by atoms with E-state index in [4.69, 9.17) is 0 Å². The van der Waals surface area contributed by atoms with E-state index in [2.05, 4.69) is 36.6 Å². The summed E-state index contributed by atoms with van der Waals surface area (Å²) in [5, 5.41) is 9.03. The van der Waals surface area contributed by atoms with Crippen molar-refractivity contribution in [1.82, 2.24) is 34.5 Å². The molecule has 2 aliphatic heterocycles. The van der Waals surface area contributed by atoms with Crippen molar-refractivity contribution in [3.63, 3.8) is 0 Å². The molecule has 1 N–H and O–H groups in total. The van der Waals surface area contributed by atoms with Crippen LogP contribution in [-0.4, -0.2) is 66.6 Å². The molecular weight excluding hydrogens is 330 g/mol. The standard InChI is InChI=1S/C18H27N7O/c1-2-25-15(13-23-9-3-4-10-23)21-22-17(25)14-5-11-24(12-6-14)18(26)16-19-7-8-20-16/h7-8,14H,2-6,9-13H2,1H3,(H,19,20). The average molecular weight is 357 g/mol. The van der Waals surface area contributed by atoms with Crippen molar-refractivity contribution >= 4 is 5.91 Å². The molecule has 4 heterocycles. The first-order chi connectivity index (χ1) is 12.8. The number of imidazole rings is 1. The predicted molar refractivity (Wildman–Crippen MR) is 96.7 cm³/mol. The number of hydrogen-bond acceptors (Lipinski definition) is 5. The van der Waals surface area contributed by atoms with Crippen molar-refractivity contribution in [1.29, 1.82) is 0 Å². The highest BCUT2D eigenvalue weighted by Crippen LogP contribution is 2.28. The summed E-state index contributed by atoms with van der Waals surface area (Å²) in [4.78, 5) is 23.7. The molecule has 140 valence electrons. The molecule has 8 nitrogen and oxygen atoms in total. The maximum atomic E-state index is 12.4. The molecule has 0 bridgehead atoms. The summed E-state index contributed by atoms with van der Waals surface area (Å²) >= 11 is 0. The number of carbonyl (C=O) groups is 1. The quantitative estimate of drug-likeness (QED) is 0.879. The largest absolute Gasteiger partial charge is 0.341 e. The van der Waals surface area contributed by atoms with E-state index in [0.717, 1.165) is 50.7 Å². The molecule has 2 saturated heterocycles. The smallest absolute Gasteiger partial charge is 0.289 e. The van der Waals surface area contributed by atoms with Crippen molar-refractivity contribution in [3.05, 3.63) is 29.9 Å². The van der Waals surface area contributed by atoms with Gasteiger partial charge < -0.3 is 14.5 Å². The van der Waals surface area contributed by atoms with Crippen LogP contribution < -0.4 is 0 Å². The molecule has 0 saturated carbocycles. The van der Waals surface area contributed by atoms with Crippen molar-refractivity contribution < 1.29 is 4.79 Å². The van der Waals surface area contributed by atoms with Crippen LogP contribution in [0, 0.1) is 0 Å². The second-order valence-corrected chi connectivity index (χ2v) is 7.21. The first-order valence-electron chi connectivity index (χ1n) is 9.69. The van der Waals surface area contributed by atoms with E-state index >= 15 is 0 Å². The summed E-state index contributed by atoms with van der Waals surface area (Å²) in [6.45, 7) is 7.77. The fourth-order valence-electron chi connectivity index (χ4n) is 4.13. The Labute approximate surface area is 153 Å². The summed E-state index contributed by atoms with van der Waals surface area (Å²) in [6, 6.07) is 0. The number of nitrogens with one attached hydrogen (secondary N) is 1. The van der Waals surface area contributed by atoms with Gasteiger partial charge in [0.15, 0.2) is 5.82 Å². The zero-order valence-corrected chi connectivity index (χ0v) is 15.4. The normalized spacial score (nSPS) is 19.3. The molecule has 1 amide bonds. The van der Waals surface area contributed by atoms with Gasteiger partial charge in [-0.05, 0) is 45.7 Å². The molecule has 0 unspecified atom stereocenters. The average Bonchev–Trinajstić information content (AvgIpc) is 3.43. The number of aromatic amines is 1. The highest BCUT2D eigenvalue weighted by molar-refractivity contribution is 5.90. The lowest BCUT2D eigenvalue weighted by Gasteiger charge is -2.31. The van der Waals surface area contributed by atoms with Crippen LogP contribution in [-0.2, 0) is 13.1 Å². The number of nitrogens with zero attached hydrogens (tertiary/aromatic N) is 6. The van der Waals surface area contributed by atoms with Gasteiger partial charge in [-0.2, -0.15) is 0 Å². The molecule has 26 heavy (non-hydrogen) atoms. The van der Waals surface area contributed by atoms with Gasteiger partial charge in [0.25, 0.3) is 5.91 Å². The van der Waals surface area contributed by atoms with E-state index in [1.54, 1.807) is 12.4 Å². The Hall–Kier alpha value is -2.22. The lowest BCUT2D eigenvalue weighted by Crippen LogP contribution is -2.39. The number of amides is 1. The maximum absolute atomic E-state index is 12.4. The lowest BCUT2D eigenvalue weighted by molar-refractivity contribution is 0.0699. The van der Waals surface area contributed by atoms with Gasteiger partial charge >= 0.3 is 0 Å². The molecule has 0 atom stereocenters. The third-order valence-electron chi connectivity index (χ3n) is 5.58. The van der Waals surface area contributed by atoms with Gasteiger partial charge in [0.2, 0.25) is 0 Å². The predicted octanol–water partition coefficient (Wildman–Crippen LogP) is 1.64. The third kappa shape index (κ3) is 3.38. The van der Waals surface area contributed by atoms with Crippen LogP contribution in [0.25, 0.3) is 0 Å². The van der Waals surface area contributed by atoms with Crippen molar-refractivity contribution in [2.75, 3.05) is 26.2 Å². The van der Waals surface area contributed by atoms with Crippen molar-refractivity contribution in [3.8, 4) is 0 Å². The van der Waals surface area contributed by atoms with Crippen LogP contribution >= 0.6 is 0 Å². The van der Waals surface area contributed by atoms with Gasteiger partial charge in [-0.1, -0.05) is 0 Å². The number of H-pyrrole nitrogens is 1. The number of hydrogen-bond donors (Lipinski definition) is 1. The van der Waals surface area contributed by atoms with E-state index in [0.29, 0.717) is 11.7 Å². The van der Waals surface area contributed by atoms with Crippen LogP contribution in [0.1, 0.15) is 60.8 Å². The Kier molecular flexibility index (Phi) is 5.01. The highest BCUT2D eigenvalue weighted by atomic mass is 16.2. The minimum absolute atomic E-state index is 0.0138. The first-order valence-corrected chi connectivity index (χ1v) is 9.69. The maximum Gasteiger partial charge on any atom is 0.289 e. The van der Waals surface area contributed by atoms with Crippen molar-refractivity contribution in [2.24, 2.45) is 0 Å². The number of rotatable bonds is 5. The van der Waals surface area contributed by atoms with Gasteiger partial charge in [0.1, 0.15) is 11.6 Å². The number of piperidine rings is 1. The Morgan fingerprint density at radius 3 is 2.62 bits per heavy atom. The minimum Gasteiger partial charge on any atom is -0.341 e. The van der Waals surface area contributed by atoms with Gasteiger partial charge in [-0.3, -0.25) is 9.69 Å². The molecule has 2 aliphatic rings. The van der Waals surface area contributed by atoms with Gasteiger partial charge in [-0.25, -0.2) is 4.98 Å². The van der Waals surface area contributed by atoms with E-state index in [-0.39, 0.29) is 5.91 Å². The molecule has 2 aromatic rings. The van der Waals surface area contributed by atoms with Gasteiger partial charge in [-0.15, -0.1) is 10.2 Å². The molecular formula is C18H27N7O. The summed E-state index contributed by atoms with van der Waals surface area (Å²) < 4.78 is 2.28. The van der Waals surface area contributed by atoms with Crippen LogP contribution in [0.15, 0.2) is 12.4 Å². The zero-order chi connectivity index (χ0) is 17.9. The van der Waals surface area contributed by atoms with Crippen LogP contribution in [0.4, 0.5) is 0 Å². The minimum atomic E-state index is -0.0138. The molecule has 2 fully saturated rings. The molecule has 8 heteroatoms. The van der Waals surface area contributed by atoms with Crippen LogP contribution in [0.3, 0.4) is 0 Å². The van der Waals surface area contributed by atoms with E-state index in [1.165, 1.54) is 25.9 Å². The first kappa shape index (κ1) is 17.2. The summed E-state index contributed by atoms with van der Waals surface area (Å²) in [6.07, 6.45) is 7.73. The molecule has 0 radical (unpaired) electrons. The van der Waals surface area contributed by atoms with Crippen LogP contribution in [0.2, 0.25) is 0 Å². The van der Waals surface area contributed by atoms with E-state index in [9.17, 15) is 4.79 Å². The second kappa shape index (κ2) is 7.57. The Morgan fingerprint density at radius 1 is 1.19 bits per heavy atom. The van der Waals surface area contributed by atoms with E-state index < -0.39 is 0 Å². The second-order valence-electron chi connectivity index (χ2n) is 7.21. The Morgan fingerprint density at radius 2 is 1.96 bits per heavy atom. The van der Waals surface area contributed by atoms with E-state index in [1.807, 2.05) is 4.90 Å². The van der Waals surface area contributed by atoms with Gasteiger partial charge in [0, 0.05) is 37.9 Å². The lowest BCUT2D eigenvalue weighted by atomic mass is 9.95. The summed E-state index contributed by atoms with van der Waals surface area (Å²) in [7, 11) is 0. The molecule has 0 aliphatic carbocycles. The SMILES string of the molecule is CCn1c(CN2CCCC2)nnc1C1CCN(C(=O)c2ncc[nH]2)CC1. The zero-order valence-electron chi connectivity index (χ0n) is 15.4. The van der Waals surface area contributed by atoms with Gasteiger partial charge in [0.05, 0.1) is 6.54 Å². The molecule has 0 aromatic carbocycles. The Bertz CT molecular complexity index is 725. The molecule has 0 spiro atoms. The number of carbonyl (C=O) groups excluding carboxylic acids is 1. The topological polar surface area (TPSA) is 82.9 Å². The number of likely N-dealkylation sites (tertiary alicyclic amines) is 2. The molecule has 2 aromatic heterocycles. The third-order valence-corrected chi connectivity index (χ3v) is 5.58. The molecule has 4 rings (SSSR count). The Balaban J connectivity index is 1.41.